The lowest BCUT2D eigenvalue weighted by molar-refractivity contribution is 0.974. The number of rotatable bonds is 3. The molecule has 3 heteroatoms. The van der Waals surface area contributed by atoms with Crippen LogP contribution < -0.4 is 5.32 Å². The molecule has 0 saturated carbocycles. The Morgan fingerprint density at radius 3 is 2.10 bits per heavy atom. The fourth-order valence-corrected chi connectivity index (χ4v) is 2.80. The maximum atomic E-state index is 4.77. The van der Waals surface area contributed by atoms with Gasteiger partial charge in [0.15, 0.2) is 5.82 Å². The second kappa shape index (κ2) is 5.61. The third-order valence-corrected chi connectivity index (χ3v) is 3.72. The zero-order valence-corrected chi connectivity index (χ0v) is 13.3. The summed E-state index contributed by atoms with van der Waals surface area (Å²) >= 11 is 0. The second-order valence-corrected chi connectivity index (χ2v) is 5.34. The Balaban J connectivity index is 2.70. The molecule has 0 atom stereocenters. The molecule has 1 N–H and O–H groups in total. The van der Waals surface area contributed by atoms with Crippen molar-refractivity contribution >= 4 is 5.82 Å². The SMILES string of the molecule is CCc1nc(-c2c(C)cc(C)cc2C)nc(NC)c1C. The minimum atomic E-state index is 0.826. The summed E-state index contributed by atoms with van der Waals surface area (Å²) in [7, 11) is 1.91. The Kier molecular flexibility index (Phi) is 4.07. The van der Waals surface area contributed by atoms with Crippen LogP contribution in [-0.2, 0) is 6.42 Å². The quantitative estimate of drug-likeness (QED) is 0.915. The van der Waals surface area contributed by atoms with E-state index >= 15 is 0 Å². The largest absolute Gasteiger partial charge is 0.373 e. The van der Waals surface area contributed by atoms with Crippen LogP contribution >= 0.6 is 0 Å². The summed E-state index contributed by atoms with van der Waals surface area (Å²) in [5, 5.41) is 3.18. The highest BCUT2D eigenvalue weighted by Gasteiger charge is 2.14. The summed E-state index contributed by atoms with van der Waals surface area (Å²) in [5.74, 6) is 1.75. The fourth-order valence-electron chi connectivity index (χ4n) is 2.80. The van der Waals surface area contributed by atoms with Gasteiger partial charge in [0.25, 0.3) is 0 Å². The lowest BCUT2D eigenvalue weighted by atomic mass is 9.99. The van der Waals surface area contributed by atoms with Crippen LogP contribution in [0.2, 0.25) is 0 Å². The van der Waals surface area contributed by atoms with Crippen molar-refractivity contribution in [3.63, 3.8) is 0 Å². The monoisotopic (exact) mass is 269 g/mol. The van der Waals surface area contributed by atoms with E-state index in [0.717, 1.165) is 34.9 Å². The minimum Gasteiger partial charge on any atom is -0.373 e. The van der Waals surface area contributed by atoms with Crippen molar-refractivity contribution in [2.75, 3.05) is 12.4 Å². The Hall–Kier alpha value is -1.90. The van der Waals surface area contributed by atoms with E-state index in [1.807, 2.05) is 7.05 Å². The summed E-state index contributed by atoms with van der Waals surface area (Å²) in [6.45, 7) is 10.6. The van der Waals surface area contributed by atoms with Gasteiger partial charge in [0.05, 0.1) is 0 Å². The van der Waals surface area contributed by atoms with Gasteiger partial charge in [-0.2, -0.15) is 0 Å². The van der Waals surface area contributed by atoms with Gasteiger partial charge in [0, 0.05) is 23.9 Å². The molecule has 0 aliphatic carbocycles. The van der Waals surface area contributed by atoms with Crippen molar-refractivity contribution in [2.24, 2.45) is 0 Å². The van der Waals surface area contributed by atoms with Crippen molar-refractivity contribution in [2.45, 2.75) is 41.0 Å². The normalized spacial score (nSPS) is 10.7. The minimum absolute atomic E-state index is 0.826. The van der Waals surface area contributed by atoms with E-state index < -0.39 is 0 Å². The lowest BCUT2D eigenvalue weighted by Gasteiger charge is -2.14. The van der Waals surface area contributed by atoms with Crippen LogP contribution in [0.15, 0.2) is 12.1 Å². The maximum Gasteiger partial charge on any atom is 0.162 e. The molecule has 3 nitrogen and oxygen atoms in total. The summed E-state index contributed by atoms with van der Waals surface area (Å²) in [6, 6.07) is 4.38. The first-order chi connectivity index (χ1) is 9.47. The lowest BCUT2D eigenvalue weighted by Crippen LogP contribution is -2.06. The predicted molar refractivity (Wildman–Crippen MR) is 85.3 cm³/mol. The van der Waals surface area contributed by atoms with Crippen LogP contribution in [0.5, 0.6) is 0 Å². The third-order valence-electron chi connectivity index (χ3n) is 3.72. The number of nitrogens with one attached hydrogen (secondary N) is 1. The molecule has 2 rings (SSSR count). The van der Waals surface area contributed by atoms with Gasteiger partial charge in [-0.1, -0.05) is 24.6 Å². The first-order valence-corrected chi connectivity index (χ1v) is 7.11. The Morgan fingerprint density at radius 1 is 1.00 bits per heavy atom. The number of hydrogen-bond donors (Lipinski definition) is 1. The Labute approximate surface area is 121 Å². The molecule has 0 aliphatic rings. The molecular weight excluding hydrogens is 246 g/mol. The van der Waals surface area contributed by atoms with Crippen LogP contribution in [0.1, 0.15) is 34.9 Å². The van der Waals surface area contributed by atoms with Crippen molar-refractivity contribution in [1.29, 1.82) is 0 Å². The molecule has 0 spiro atoms. The number of aromatic nitrogens is 2. The van der Waals surface area contributed by atoms with Gasteiger partial charge >= 0.3 is 0 Å². The van der Waals surface area contributed by atoms with Crippen LogP contribution in [0, 0.1) is 27.7 Å². The Bertz CT molecular complexity index is 597. The molecule has 0 amide bonds. The van der Waals surface area contributed by atoms with E-state index in [2.05, 4.69) is 52.1 Å². The van der Waals surface area contributed by atoms with Gasteiger partial charge in [0.2, 0.25) is 0 Å². The van der Waals surface area contributed by atoms with Gasteiger partial charge in [-0.15, -0.1) is 0 Å². The first-order valence-electron chi connectivity index (χ1n) is 7.11. The van der Waals surface area contributed by atoms with Crippen LogP contribution in [0.4, 0.5) is 5.82 Å². The molecule has 2 aromatic rings. The van der Waals surface area contributed by atoms with E-state index in [1.165, 1.54) is 16.7 Å². The molecule has 1 heterocycles. The van der Waals surface area contributed by atoms with Crippen molar-refractivity contribution < 1.29 is 0 Å². The number of aryl methyl sites for hydroxylation is 4. The smallest absolute Gasteiger partial charge is 0.162 e. The standard InChI is InChI=1S/C17H23N3/c1-7-14-13(5)16(18-6)20-17(19-14)15-11(3)8-10(2)9-12(15)4/h8-9H,7H2,1-6H3,(H,18,19,20). The van der Waals surface area contributed by atoms with Crippen molar-refractivity contribution in [3.8, 4) is 11.4 Å². The van der Waals surface area contributed by atoms with E-state index in [1.54, 1.807) is 0 Å². The molecule has 0 radical (unpaired) electrons. The average molecular weight is 269 g/mol. The number of nitrogens with zero attached hydrogens (tertiary/aromatic N) is 2. The van der Waals surface area contributed by atoms with Gasteiger partial charge in [-0.25, -0.2) is 9.97 Å². The van der Waals surface area contributed by atoms with Crippen LogP contribution in [0.3, 0.4) is 0 Å². The fraction of sp³-hybridized carbons (Fsp3) is 0.412. The van der Waals surface area contributed by atoms with E-state index in [0.29, 0.717) is 0 Å². The van der Waals surface area contributed by atoms with Gasteiger partial charge < -0.3 is 5.32 Å². The highest BCUT2D eigenvalue weighted by Crippen LogP contribution is 2.28. The van der Waals surface area contributed by atoms with E-state index in [4.69, 9.17) is 9.97 Å². The average Bonchev–Trinajstić information content (AvgIpc) is 2.39. The van der Waals surface area contributed by atoms with Crippen molar-refractivity contribution in [3.05, 3.63) is 40.1 Å². The molecule has 1 aromatic carbocycles. The Morgan fingerprint density at radius 2 is 1.60 bits per heavy atom. The van der Waals surface area contributed by atoms with Crippen molar-refractivity contribution in [1.82, 2.24) is 9.97 Å². The zero-order chi connectivity index (χ0) is 14.9. The summed E-state index contributed by atoms with van der Waals surface area (Å²) in [4.78, 5) is 9.47. The van der Waals surface area contributed by atoms with E-state index in [9.17, 15) is 0 Å². The van der Waals surface area contributed by atoms with Gasteiger partial charge in [0.1, 0.15) is 5.82 Å². The molecule has 1 aromatic heterocycles. The first kappa shape index (κ1) is 14.5. The number of anilines is 1. The predicted octanol–water partition coefficient (Wildman–Crippen LogP) is 3.98. The second-order valence-electron chi connectivity index (χ2n) is 5.34. The summed E-state index contributed by atoms with van der Waals surface area (Å²) < 4.78 is 0. The molecule has 20 heavy (non-hydrogen) atoms. The van der Waals surface area contributed by atoms with Gasteiger partial charge in [-0.3, -0.25) is 0 Å². The number of benzene rings is 1. The highest BCUT2D eigenvalue weighted by molar-refractivity contribution is 5.67. The highest BCUT2D eigenvalue weighted by atomic mass is 15.0. The molecule has 0 aliphatic heterocycles. The topological polar surface area (TPSA) is 37.8 Å². The molecular formula is C17H23N3. The molecule has 106 valence electrons. The molecule has 0 saturated heterocycles. The van der Waals surface area contributed by atoms with Crippen LogP contribution in [0.25, 0.3) is 11.4 Å². The summed E-state index contributed by atoms with van der Waals surface area (Å²) in [6.07, 6.45) is 0.917. The number of hydrogen-bond acceptors (Lipinski definition) is 3. The zero-order valence-electron chi connectivity index (χ0n) is 13.3. The van der Waals surface area contributed by atoms with E-state index in [-0.39, 0.29) is 0 Å². The molecule has 0 unspecified atom stereocenters. The van der Waals surface area contributed by atoms with Gasteiger partial charge in [-0.05, 0) is 45.2 Å². The molecule has 0 bridgehead atoms. The third kappa shape index (κ3) is 2.53. The summed E-state index contributed by atoms with van der Waals surface area (Å²) in [5.41, 5.74) is 7.15. The maximum absolute atomic E-state index is 4.77. The molecule has 0 fully saturated rings. The van der Waals surface area contributed by atoms with Crippen LogP contribution in [-0.4, -0.2) is 17.0 Å².